The maximum atomic E-state index is 5.98. The van der Waals surface area contributed by atoms with Crippen molar-refractivity contribution in [3.63, 3.8) is 0 Å². The number of methoxy groups -OCH3 is 1. The van der Waals surface area contributed by atoms with Gasteiger partial charge in [-0.3, -0.25) is 0 Å². The lowest BCUT2D eigenvalue weighted by molar-refractivity contribution is 0.211. The second-order valence-electron chi connectivity index (χ2n) is 5.37. The quantitative estimate of drug-likeness (QED) is 0.689. The van der Waals surface area contributed by atoms with Crippen LogP contribution >= 0.6 is 11.3 Å². The van der Waals surface area contributed by atoms with E-state index in [0.29, 0.717) is 6.61 Å². The van der Waals surface area contributed by atoms with Gasteiger partial charge in [-0.25, -0.2) is 4.98 Å². The third kappa shape index (κ3) is 3.00. The van der Waals surface area contributed by atoms with Crippen LogP contribution in [-0.4, -0.2) is 31.3 Å². The molecule has 0 atom stereocenters. The predicted molar refractivity (Wildman–Crippen MR) is 93.3 cm³/mol. The molecule has 22 heavy (non-hydrogen) atoms. The Labute approximate surface area is 134 Å². The number of nitrogens with one attached hydrogen (secondary N) is 1. The fraction of sp³-hybridized carbons (Fsp3) is 0.353. The standard InChI is InChI=1S/C17H20N2O2S/c1-11(2)21-14-10-15-16(13-7-5-4-6-12(13)14)19-17(22-15)18-8-9-20-3/h4-7,10-11H,8-9H2,1-3H3,(H,18,19). The van der Waals surface area contributed by atoms with Gasteiger partial charge in [0, 0.05) is 30.5 Å². The van der Waals surface area contributed by atoms with E-state index in [2.05, 4.69) is 23.5 Å². The first-order valence-electron chi connectivity index (χ1n) is 7.41. The van der Waals surface area contributed by atoms with Crippen LogP contribution < -0.4 is 10.1 Å². The molecule has 1 heterocycles. The van der Waals surface area contributed by atoms with Gasteiger partial charge in [-0.15, -0.1) is 0 Å². The van der Waals surface area contributed by atoms with Gasteiger partial charge >= 0.3 is 0 Å². The molecule has 0 radical (unpaired) electrons. The minimum absolute atomic E-state index is 0.146. The highest BCUT2D eigenvalue weighted by Gasteiger charge is 2.12. The summed E-state index contributed by atoms with van der Waals surface area (Å²) in [4.78, 5) is 4.73. The van der Waals surface area contributed by atoms with E-state index in [-0.39, 0.29) is 6.10 Å². The second-order valence-corrected chi connectivity index (χ2v) is 6.40. The summed E-state index contributed by atoms with van der Waals surface area (Å²) in [5.74, 6) is 0.921. The van der Waals surface area contributed by atoms with E-state index in [4.69, 9.17) is 14.5 Å². The first-order valence-corrected chi connectivity index (χ1v) is 8.22. The molecule has 0 saturated carbocycles. The molecule has 0 spiro atoms. The van der Waals surface area contributed by atoms with Gasteiger partial charge < -0.3 is 14.8 Å². The summed E-state index contributed by atoms with van der Waals surface area (Å²) < 4.78 is 12.2. The third-order valence-corrected chi connectivity index (χ3v) is 4.27. The number of hydrogen-bond acceptors (Lipinski definition) is 5. The third-order valence-electron chi connectivity index (χ3n) is 3.31. The lowest BCUT2D eigenvalue weighted by Gasteiger charge is -2.12. The molecule has 3 rings (SSSR count). The van der Waals surface area contributed by atoms with Crippen LogP contribution in [-0.2, 0) is 4.74 Å². The van der Waals surface area contributed by atoms with Crippen LogP contribution in [0.3, 0.4) is 0 Å². The molecular weight excluding hydrogens is 296 g/mol. The highest BCUT2D eigenvalue weighted by Crippen LogP contribution is 2.37. The predicted octanol–water partition coefficient (Wildman–Crippen LogP) is 4.30. The fourth-order valence-corrected chi connectivity index (χ4v) is 3.35. The van der Waals surface area contributed by atoms with Crippen LogP contribution in [0.15, 0.2) is 30.3 Å². The normalized spacial score (nSPS) is 11.5. The molecule has 0 amide bonds. The molecule has 0 fully saturated rings. The Morgan fingerprint density at radius 2 is 2.00 bits per heavy atom. The van der Waals surface area contributed by atoms with Crippen molar-refractivity contribution in [3.8, 4) is 5.75 Å². The zero-order valence-electron chi connectivity index (χ0n) is 13.1. The molecule has 1 N–H and O–H groups in total. The largest absolute Gasteiger partial charge is 0.490 e. The molecule has 1 aromatic heterocycles. The van der Waals surface area contributed by atoms with Crippen molar-refractivity contribution in [3.05, 3.63) is 30.3 Å². The number of hydrogen-bond donors (Lipinski definition) is 1. The average Bonchev–Trinajstić information content (AvgIpc) is 2.90. The summed E-state index contributed by atoms with van der Waals surface area (Å²) >= 11 is 1.65. The molecule has 5 heteroatoms. The molecule has 4 nitrogen and oxygen atoms in total. The summed E-state index contributed by atoms with van der Waals surface area (Å²) in [6.45, 7) is 5.51. The molecule has 0 unspecified atom stereocenters. The van der Waals surface area contributed by atoms with Gasteiger partial charge in [-0.1, -0.05) is 35.6 Å². The minimum atomic E-state index is 0.146. The van der Waals surface area contributed by atoms with Crippen molar-refractivity contribution < 1.29 is 9.47 Å². The van der Waals surface area contributed by atoms with E-state index in [9.17, 15) is 0 Å². The van der Waals surface area contributed by atoms with E-state index in [1.807, 2.05) is 26.0 Å². The lowest BCUT2D eigenvalue weighted by Crippen LogP contribution is -2.06. The second kappa shape index (κ2) is 6.50. The summed E-state index contributed by atoms with van der Waals surface area (Å²) in [7, 11) is 1.70. The molecular formula is C17H20N2O2S. The summed E-state index contributed by atoms with van der Waals surface area (Å²) in [5, 5.41) is 6.46. The van der Waals surface area contributed by atoms with E-state index in [1.165, 1.54) is 0 Å². The van der Waals surface area contributed by atoms with Gasteiger partial charge in [0.2, 0.25) is 0 Å². The van der Waals surface area contributed by atoms with Crippen LogP contribution in [0.4, 0.5) is 5.13 Å². The van der Waals surface area contributed by atoms with Gasteiger partial charge in [0.15, 0.2) is 5.13 Å². The summed E-state index contributed by atoms with van der Waals surface area (Å²) in [6, 6.07) is 10.4. The highest BCUT2D eigenvalue weighted by atomic mass is 32.1. The van der Waals surface area contributed by atoms with Gasteiger partial charge in [0.1, 0.15) is 5.75 Å². The van der Waals surface area contributed by atoms with Crippen molar-refractivity contribution in [2.24, 2.45) is 0 Å². The Morgan fingerprint density at radius 1 is 1.23 bits per heavy atom. The van der Waals surface area contributed by atoms with E-state index in [1.54, 1.807) is 18.4 Å². The molecule has 0 aliphatic heterocycles. The molecule has 116 valence electrons. The van der Waals surface area contributed by atoms with Gasteiger partial charge in [-0.2, -0.15) is 0 Å². The number of rotatable bonds is 6. The fourth-order valence-electron chi connectivity index (χ4n) is 2.41. The lowest BCUT2D eigenvalue weighted by atomic mass is 10.1. The molecule has 0 aliphatic rings. The first-order chi connectivity index (χ1) is 10.7. The van der Waals surface area contributed by atoms with Crippen LogP contribution in [0.25, 0.3) is 21.0 Å². The van der Waals surface area contributed by atoms with E-state index in [0.717, 1.165) is 38.4 Å². The summed E-state index contributed by atoms with van der Waals surface area (Å²) in [6.07, 6.45) is 0.146. The molecule has 0 bridgehead atoms. The highest BCUT2D eigenvalue weighted by molar-refractivity contribution is 7.22. The molecule has 3 aromatic rings. The number of nitrogens with zero attached hydrogens (tertiary/aromatic N) is 1. The van der Waals surface area contributed by atoms with Crippen molar-refractivity contribution in [1.82, 2.24) is 4.98 Å². The number of benzene rings is 2. The van der Waals surface area contributed by atoms with E-state index < -0.39 is 0 Å². The Kier molecular flexibility index (Phi) is 4.45. The van der Waals surface area contributed by atoms with Crippen LogP contribution in [0.5, 0.6) is 5.75 Å². The van der Waals surface area contributed by atoms with Crippen LogP contribution in [0.1, 0.15) is 13.8 Å². The first kappa shape index (κ1) is 15.1. The van der Waals surface area contributed by atoms with Gasteiger partial charge in [-0.05, 0) is 13.8 Å². The van der Waals surface area contributed by atoms with Gasteiger partial charge in [0.05, 0.1) is 22.9 Å². The number of thiazole rings is 1. The number of aromatic nitrogens is 1. The Hall–Kier alpha value is -1.85. The van der Waals surface area contributed by atoms with Gasteiger partial charge in [0.25, 0.3) is 0 Å². The smallest absolute Gasteiger partial charge is 0.183 e. The molecule has 2 aromatic carbocycles. The van der Waals surface area contributed by atoms with E-state index >= 15 is 0 Å². The number of ether oxygens (including phenoxy) is 2. The zero-order chi connectivity index (χ0) is 15.5. The Morgan fingerprint density at radius 3 is 2.73 bits per heavy atom. The van der Waals surface area contributed by atoms with Crippen LogP contribution in [0, 0.1) is 0 Å². The Balaban J connectivity index is 2.08. The minimum Gasteiger partial charge on any atom is -0.490 e. The Bertz CT molecular complexity index is 783. The van der Waals surface area contributed by atoms with Crippen molar-refractivity contribution >= 4 is 37.5 Å². The maximum absolute atomic E-state index is 5.98. The van der Waals surface area contributed by atoms with Crippen molar-refractivity contribution in [2.45, 2.75) is 20.0 Å². The van der Waals surface area contributed by atoms with Crippen LogP contribution in [0.2, 0.25) is 0 Å². The SMILES string of the molecule is COCCNc1nc2c(cc(OC(C)C)c3ccccc32)s1. The average molecular weight is 316 g/mol. The zero-order valence-corrected chi connectivity index (χ0v) is 13.9. The topological polar surface area (TPSA) is 43.4 Å². The number of anilines is 1. The maximum Gasteiger partial charge on any atom is 0.183 e. The molecule has 0 aliphatic carbocycles. The van der Waals surface area contributed by atoms with Crippen molar-refractivity contribution in [2.75, 3.05) is 25.6 Å². The van der Waals surface area contributed by atoms with Crippen molar-refractivity contribution in [1.29, 1.82) is 0 Å². The summed E-state index contributed by atoms with van der Waals surface area (Å²) in [5.41, 5.74) is 1.02. The molecule has 0 saturated heterocycles. The number of fused-ring (bicyclic) bond motifs is 3. The monoisotopic (exact) mass is 316 g/mol.